The second-order valence-electron chi connectivity index (χ2n) is 6.52. The molecule has 7 nitrogen and oxygen atoms in total. The monoisotopic (exact) mass is 385 g/mol. The van der Waals surface area contributed by atoms with E-state index in [1.807, 2.05) is 0 Å². The highest BCUT2D eigenvalue weighted by Crippen LogP contribution is 2.32. The molecule has 0 spiro atoms. The van der Waals surface area contributed by atoms with Gasteiger partial charge in [-0.2, -0.15) is 18.3 Å². The summed E-state index contributed by atoms with van der Waals surface area (Å²) in [5.41, 5.74) is -1.04. The molecule has 0 bridgehead atoms. The van der Waals surface area contributed by atoms with Crippen molar-refractivity contribution in [1.82, 2.24) is 15.1 Å². The van der Waals surface area contributed by atoms with Gasteiger partial charge in [-0.15, -0.1) is 0 Å². The Hall–Kier alpha value is -3.04. The quantitative estimate of drug-likeness (QED) is 0.798. The number of benzene rings is 1. The summed E-state index contributed by atoms with van der Waals surface area (Å²) in [7, 11) is 0. The smallest absolute Gasteiger partial charge is 0.435 e. The molecule has 1 heterocycles. The van der Waals surface area contributed by atoms with Crippen molar-refractivity contribution >= 4 is 12.6 Å². The number of hydrogen-bond donors (Lipinski definition) is 1. The molecule has 0 unspecified atom stereocenters. The van der Waals surface area contributed by atoms with Crippen molar-refractivity contribution in [3.05, 3.63) is 41.6 Å². The first kappa shape index (κ1) is 20.3. The number of carbonyl (C=O) groups is 2. The van der Waals surface area contributed by atoms with E-state index in [-0.39, 0.29) is 24.6 Å². The van der Waals surface area contributed by atoms with E-state index in [4.69, 9.17) is 4.74 Å². The normalized spacial score (nSPS) is 11.8. The van der Waals surface area contributed by atoms with Crippen LogP contribution in [0.4, 0.5) is 18.0 Å². The van der Waals surface area contributed by atoms with Crippen LogP contribution in [0.5, 0.6) is 5.88 Å². The average molecular weight is 385 g/mol. The first-order valence-corrected chi connectivity index (χ1v) is 7.83. The molecule has 0 radical (unpaired) electrons. The van der Waals surface area contributed by atoms with Gasteiger partial charge in [-0.1, -0.05) is 12.1 Å². The Morgan fingerprint density at radius 1 is 1.26 bits per heavy atom. The number of nitrogens with zero attached hydrogens (tertiary/aromatic N) is 2. The van der Waals surface area contributed by atoms with Gasteiger partial charge in [-0.25, -0.2) is 9.48 Å². The molecular weight excluding hydrogens is 367 g/mol. The number of aromatic nitrogens is 2. The van der Waals surface area contributed by atoms with Gasteiger partial charge in [0.25, 0.3) is 6.47 Å². The fourth-order valence-electron chi connectivity index (χ4n) is 2.11. The maximum atomic E-state index is 12.9. The van der Waals surface area contributed by atoms with Crippen molar-refractivity contribution in [3.63, 3.8) is 0 Å². The summed E-state index contributed by atoms with van der Waals surface area (Å²) in [6.45, 7) is 5.26. The van der Waals surface area contributed by atoms with Crippen LogP contribution in [0.1, 0.15) is 32.0 Å². The van der Waals surface area contributed by atoms with Gasteiger partial charge >= 0.3 is 12.3 Å². The standard InChI is InChI=1S/C17H18F3N3O4/c1-16(2,3)27-15(25)21-9-11-5-4-6-12(7-11)23-14(26-10-24)8-13(22-23)17(18,19)20/h4-8,10H,9H2,1-3H3,(H,21,25). The van der Waals surface area contributed by atoms with Crippen molar-refractivity contribution in [2.75, 3.05) is 0 Å². The molecular formula is C17H18F3N3O4. The molecule has 27 heavy (non-hydrogen) atoms. The molecule has 1 N–H and O–H groups in total. The Morgan fingerprint density at radius 3 is 2.56 bits per heavy atom. The second kappa shape index (κ2) is 7.68. The summed E-state index contributed by atoms with van der Waals surface area (Å²) in [4.78, 5) is 22.3. The summed E-state index contributed by atoms with van der Waals surface area (Å²) in [6, 6.07) is 6.85. The van der Waals surface area contributed by atoms with Gasteiger partial charge in [0.05, 0.1) is 5.69 Å². The third-order valence-corrected chi connectivity index (χ3v) is 3.13. The first-order chi connectivity index (χ1) is 12.5. The Morgan fingerprint density at radius 2 is 1.96 bits per heavy atom. The van der Waals surface area contributed by atoms with Gasteiger partial charge < -0.3 is 14.8 Å². The van der Waals surface area contributed by atoms with E-state index in [1.54, 1.807) is 32.9 Å². The molecule has 0 aliphatic rings. The molecule has 146 valence electrons. The maximum Gasteiger partial charge on any atom is 0.435 e. The van der Waals surface area contributed by atoms with Gasteiger partial charge in [-0.3, -0.25) is 4.79 Å². The van der Waals surface area contributed by atoms with Crippen molar-refractivity contribution in [1.29, 1.82) is 0 Å². The zero-order valence-electron chi connectivity index (χ0n) is 14.8. The zero-order chi connectivity index (χ0) is 20.2. The van der Waals surface area contributed by atoms with Crippen LogP contribution in [-0.2, 0) is 22.3 Å². The van der Waals surface area contributed by atoms with Crippen LogP contribution >= 0.6 is 0 Å². The number of amides is 1. The summed E-state index contributed by atoms with van der Waals surface area (Å²) in [6.07, 6.45) is -5.32. The average Bonchev–Trinajstić information content (AvgIpc) is 2.96. The SMILES string of the molecule is CC(C)(C)OC(=O)NCc1cccc(-n2nc(C(F)(F)F)cc2OC=O)c1. The van der Waals surface area contributed by atoms with Crippen LogP contribution in [0.15, 0.2) is 30.3 Å². The predicted octanol–water partition coefficient (Wildman–Crippen LogP) is 3.45. The molecule has 2 aromatic rings. The number of rotatable bonds is 5. The Labute approximate surface area is 153 Å². The largest absolute Gasteiger partial charge is 0.444 e. The van der Waals surface area contributed by atoms with E-state index in [1.165, 1.54) is 12.1 Å². The minimum atomic E-state index is -4.69. The van der Waals surface area contributed by atoms with E-state index in [0.717, 1.165) is 4.68 Å². The van der Waals surface area contributed by atoms with Crippen molar-refractivity contribution in [3.8, 4) is 11.6 Å². The third-order valence-electron chi connectivity index (χ3n) is 3.13. The molecule has 0 fully saturated rings. The summed E-state index contributed by atoms with van der Waals surface area (Å²) < 4.78 is 49.2. The Kier molecular flexibility index (Phi) is 5.77. The molecule has 1 amide bonds. The van der Waals surface area contributed by atoms with Gasteiger partial charge in [0.1, 0.15) is 5.60 Å². The van der Waals surface area contributed by atoms with Gasteiger partial charge in [0, 0.05) is 12.6 Å². The maximum absolute atomic E-state index is 12.9. The number of nitrogens with one attached hydrogen (secondary N) is 1. The highest BCUT2D eigenvalue weighted by atomic mass is 19.4. The fraction of sp³-hybridized carbons (Fsp3) is 0.353. The van der Waals surface area contributed by atoms with Crippen molar-refractivity contribution in [2.45, 2.75) is 39.1 Å². The topological polar surface area (TPSA) is 82.4 Å². The third kappa shape index (κ3) is 5.73. The van der Waals surface area contributed by atoms with E-state index in [0.29, 0.717) is 11.6 Å². The molecule has 0 aliphatic heterocycles. The van der Waals surface area contributed by atoms with Crippen LogP contribution in [0.2, 0.25) is 0 Å². The lowest BCUT2D eigenvalue weighted by molar-refractivity contribution is -0.141. The van der Waals surface area contributed by atoms with Crippen molar-refractivity contribution in [2.24, 2.45) is 0 Å². The molecule has 0 saturated heterocycles. The highest BCUT2D eigenvalue weighted by molar-refractivity contribution is 5.67. The summed E-state index contributed by atoms with van der Waals surface area (Å²) in [5, 5.41) is 6.00. The van der Waals surface area contributed by atoms with E-state index < -0.39 is 23.6 Å². The molecule has 2 rings (SSSR count). The lowest BCUT2D eigenvalue weighted by Gasteiger charge is -2.19. The molecule has 0 aliphatic carbocycles. The number of alkyl halides is 3. The van der Waals surface area contributed by atoms with Crippen LogP contribution in [0, 0.1) is 0 Å². The predicted molar refractivity (Wildman–Crippen MR) is 88.3 cm³/mol. The van der Waals surface area contributed by atoms with Crippen LogP contribution in [0.3, 0.4) is 0 Å². The minimum Gasteiger partial charge on any atom is -0.444 e. The molecule has 0 atom stereocenters. The minimum absolute atomic E-state index is 0.0155. The van der Waals surface area contributed by atoms with Crippen LogP contribution < -0.4 is 10.1 Å². The molecule has 0 saturated carbocycles. The van der Waals surface area contributed by atoms with Gasteiger partial charge in [0.2, 0.25) is 5.88 Å². The molecule has 10 heteroatoms. The zero-order valence-corrected chi connectivity index (χ0v) is 14.8. The highest BCUT2D eigenvalue weighted by Gasteiger charge is 2.35. The molecule has 1 aromatic carbocycles. The number of halogens is 3. The Balaban J connectivity index is 2.23. The van der Waals surface area contributed by atoms with E-state index in [9.17, 15) is 22.8 Å². The summed E-state index contributed by atoms with van der Waals surface area (Å²) >= 11 is 0. The molecule has 1 aromatic heterocycles. The van der Waals surface area contributed by atoms with Crippen LogP contribution in [-0.4, -0.2) is 27.9 Å². The van der Waals surface area contributed by atoms with E-state index >= 15 is 0 Å². The lowest BCUT2D eigenvalue weighted by Crippen LogP contribution is -2.32. The van der Waals surface area contributed by atoms with E-state index in [2.05, 4.69) is 15.2 Å². The number of ether oxygens (including phenoxy) is 2. The summed E-state index contributed by atoms with van der Waals surface area (Å²) in [5.74, 6) is -0.380. The van der Waals surface area contributed by atoms with Gasteiger partial charge in [-0.05, 0) is 38.5 Å². The number of hydrogen-bond acceptors (Lipinski definition) is 5. The first-order valence-electron chi connectivity index (χ1n) is 7.83. The number of carbonyl (C=O) groups excluding carboxylic acids is 2. The second-order valence-corrected chi connectivity index (χ2v) is 6.52. The van der Waals surface area contributed by atoms with Crippen molar-refractivity contribution < 1.29 is 32.2 Å². The van der Waals surface area contributed by atoms with Crippen LogP contribution in [0.25, 0.3) is 5.69 Å². The van der Waals surface area contributed by atoms with Gasteiger partial charge in [0.15, 0.2) is 5.69 Å². The lowest BCUT2D eigenvalue weighted by atomic mass is 10.2. The number of alkyl carbamates (subject to hydrolysis) is 1. The fourth-order valence-corrected chi connectivity index (χ4v) is 2.11. The Bertz CT molecular complexity index is 826.